The third kappa shape index (κ3) is 3.75. The summed E-state index contributed by atoms with van der Waals surface area (Å²) in [6.07, 6.45) is 1.42. The second-order valence-electron chi connectivity index (χ2n) is 7.10. The first-order valence-corrected chi connectivity index (χ1v) is 9.36. The topological polar surface area (TPSA) is 110 Å². The van der Waals surface area contributed by atoms with Gasteiger partial charge in [-0.3, -0.25) is 29.4 Å². The van der Waals surface area contributed by atoms with Crippen molar-refractivity contribution >= 4 is 29.2 Å². The van der Waals surface area contributed by atoms with Gasteiger partial charge in [-0.2, -0.15) is 0 Å². The quantitative estimate of drug-likeness (QED) is 0.327. The molecule has 0 unspecified atom stereocenters. The lowest BCUT2D eigenvalue weighted by molar-refractivity contribution is -0.385. The predicted molar refractivity (Wildman–Crippen MR) is 99.7 cm³/mol. The molecule has 0 N–H and O–H groups in total. The summed E-state index contributed by atoms with van der Waals surface area (Å²) in [7, 11) is 0. The van der Waals surface area contributed by atoms with Crippen molar-refractivity contribution in [1.82, 2.24) is 4.90 Å². The highest BCUT2D eigenvalue weighted by Gasteiger charge is 2.44. The molecule has 2 saturated heterocycles. The van der Waals surface area contributed by atoms with Gasteiger partial charge in [0.05, 0.1) is 35.6 Å². The van der Waals surface area contributed by atoms with Crippen LogP contribution in [-0.4, -0.2) is 53.3 Å². The number of ether oxygens (including phenoxy) is 1. The molecule has 0 aromatic heterocycles. The van der Waals surface area contributed by atoms with Crippen LogP contribution in [0.5, 0.6) is 0 Å². The number of carbonyl (C=O) groups is 3. The number of benzene rings is 1. The number of anilines is 1. The largest absolute Gasteiger partial charge is 0.466 e. The number of esters is 1. The van der Waals surface area contributed by atoms with Crippen molar-refractivity contribution in [2.75, 3.05) is 24.6 Å². The SMILES string of the molecule is CCOC(=O)[C@@H]1CCCN([C@H]2CC(=O)N(c3ccc(C)c([N+](=O)[O-])c3)C2=O)C1. The molecule has 1 aromatic rings. The zero-order chi connectivity index (χ0) is 20.4. The van der Waals surface area contributed by atoms with Gasteiger partial charge in [0.15, 0.2) is 0 Å². The molecule has 2 heterocycles. The number of imide groups is 1. The molecule has 150 valence electrons. The molecular weight excluding hydrogens is 366 g/mol. The van der Waals surface area contributed by atoms with Crippen LogP contribution in [0.2, 0.25) is 0 Å². The van der Waals surface area contributed by atoms with Gasteiger partial charge in [0, 0.05) is 18.2 Å². The molecule has 2 amide bonds. The molecule has 9 nitrogen and oxygen atoms in total. The summed E-state index contributed by atoms with van der Waals surface area (Å²) in [6, 6.07) is 3.66. The number of hydrogen-bond acceptors (Lipinski definition) is 7. The second-order valence-corrected chi connectivity index (χ2v) is 7.10. The van der Waals surface area contributed by atoms with Crippen LogP contribution >= 0.6 is 0 Å². The Balaban J connectivity index is 1.79. The van der Waals surface area contributed by atoms with Crippen molar-refractivity contribution < 1.29 is 24.0 Å². The highest BCUT2D eigenvalue weighted by molar-refractivity contribution is 6.22. The lowest BCUT2D eigenvalue weighted by Crippen LogP contribution is -2.48. The fourth-order valence-electron chi connectivity index (χ4n) is 3.85. The van der Waals surface area contributed by atoms with Crippen LogP contribution in [0.25, 0.3) is 0 Å². The van der Waals surface area contributed by atoms with Crippen LogP contribution in [0.3, 0.4) is 0 Å². The van der Waals surface area contributed by atoms with Gasteiger partial charge in [0.25, 0.3) is 11.6 Å². The van der Waals surface area contributed by atoms with Gasteiger partial charge in [0.2, 0.25) is 5.91 Å². The third-order valence-corrected chi connectivity index (χ3v) is 5.28. The Hall–Kier alpha value is -2.81. The van der Waals surface area contributed by atoms with Crippen LogP contribution in [0.1, 0.15) is 31.7 Å². The van der Waals surface area contributed by atoms with Crippen LogP contribution < -0.4 is 4.90 Å². The first kappa shape index (κ1) is 19.9. The number of hydrogen-bond donors (Lipinski definition) is 0. The fourth-order valence-corrected chi connectivity index (χ4v) is 3.85. The van der Waals surface area contributed by atoms with Gasteiger partial charge in [-0.25, -0.2) is 4.90 Å². The molecule has 2 atom stereocenters. The van der Waals surface area contributed by atoms with E-state index < -0.39 is 22.8 Å². The average molecular weight is 389 g/mol. The number of nitro benzene ring substituents is 1. The van der Waals surface area contributed by atoms with E-state index in [4.69, 9.17) is 4.74 Å². The summed E-state index contributed by atoms with van der Waals surface area (Å²) in [5.41, 5.74) is 0.522. The molecule has 2 aliphatic rings. The van der Waals surface area contributed by atoms with Gasteiger partial charge in [0.1, 0.15) is 0 Å². The maximum atomic E-state index is 13.0. The summed E-state index contributed by atoms with van der Waals surface area (Å²) in [5, 5.41) is 11.2. The Bertz CT molecular complexity index is 824. The van der Waals surface area contributed by atoms with E-state index in [-0.39, 0.29) is 29.7 Å². The molecule has 0 bridgehead atoms. The standard InChI is InChI=1S/C19H23N3O6/c1-3-28-19(25)13-5-4-8-20(11-13)16-10-17(23)21(18(16)24)14-7-6-12(2)15(9-14)22(26)27/h6-7,9,13,16H,3-5,8,10-11H2,1-2H3/t13-,16+/m1/s1. The number of aryl methyl sites for hydroxylation is 1. The van der Waals surface area contributed by atoms with Crippen LogP contribution in [0, 0.1) is 23.0 Å². The summed E-state index contributed by atoms with van der Waals surface area (Å²) >= 11 is 0. The minimum absolute atomic E-state index is 0.00392. The van der Waals surface area contributed by atoms with E-state index in [9.17, 15) is 24.5 Å². The lowest BCUT2D eigenvalue weighted by atomic mass is 9.96. The molecule has 9 heteroatoms. The highest BCUT2D eigenvalue weighted by atomic mass is 16.6. The maximum Gasteiger partial charge on any atom is 0.310 e. The lowest BCUT2D eigenvalue weighted by Gasteiger charge is -2.34. The molecular formula is C19H23N3O6. The van der Waals surface area contributed by atoms with Gasteiger partial charge < -0.3 is 4.74 Å². The molecule has 2 fully saturated rings. The van der Waals surface area contributed by atoms with Crippen molar-refractivity contribution in [3.05, 3.63) is 33.9 Å². The van der Waals surface area contributed by atoms with Crippen LogP contribution in [0.15, 0.2) is 18.2 Å². The van der Waals surface area contributed by atoms with Crippen molar-refractivity contribution in [2.24, 2.45) is 5.92 Å². The number of carbonyl (C=O) groups excluding carboxylic acids is 3. The number of amides is 2. The molecule has 3 rings (SSSR count). The average Bonchev–Trinajstić information content (AvgIpc) is 2.97. The van der Waals surface area contributed by atoms with E-state index in [2.05, 4.69) is 0 Å². The summed E-state index contributed by atoms with van der Waals surface area (Å²) in [5.74, 6) is -1.40. The Kier molecular flexibility index (Phi) is 5.73. The fraction of sp³-hybridized carbons (Fsp3) is 0.526. The molecule has 1 aromatic carbocycles. The van der Waals surface area contributed by atoms with Crippen molar-refractivity contribution in [1.29, 1.82) is 0 Å². The normalized spacial score (nSPS) is 23.1. The Morgan fingerprint density at radius 1 is 1.36 bits per heavy atom. The minimum atomic E-state index is -0.662. The van der Waals surface area contributed by atoms with E-state index in [0.29, 0.717) is 31.7 Å². The zero-order valence-corrected chi connectivity index (χ0v) is 15.9. The highest BCUT2D eigenvalue weighted by Crippen LogP contribution is 2.31. The monoisotopic (exact) mass is 389 g/mol. The first-order valence-electron chi connectivity index (χ1n) is 9.36. The van der Waals surface area contributed by atoms with Crippen LogP contribution in [-0.2, 0) is 19.1 Å². The van der Waals surface area contributed by atoms with Crippen LogP contribution in [0.4, 0.5) is 11.4 Å². The van der Waals surface area contributed by atoms with Crippen molar-refractivity contribution in [2.45, 2.75) is 39.2 Å². The Labute approximate surface area is 162 Å². The molecule has 28 heavy (non-hydrogen) atoms. The van der Waals surface area contributed by atoms with Crippen molar-refractivity contribution in [3.63, 3.8) is 0 Å². The Morgan fingerprint density at radius 2 is 2.11 bits per heavy atom. The number of likely N-dealkylation sites (tertiary alicyclic amines) is 1. The molecule has 2 aliphatic heterocycles. The van der Waals surface area contributed by atoms with E-state index in [1.165, 1.54) is 18.2 Å². The van der Waals surface area contributed by atoms with E-state index in [0.717, 1.165) is 11.3 Å². The summed E-state index contributed by atoms with van der Waals surface area (Å²) in [4.78, 5) is 51.1. The van der Waals surface area contributed by atoms with Crippen molar-refractivity contribution in [3.8, 4) is 0 Å². The summed E-state index contributed by atoms with van der Waals surface area (Å²) in [6.45, 7) is 4.62. The smallest absolute Gasteiger partial charge is 0.310 e. The first-order chi connectivity index (χ1) is 13.3. The minimum Gasteiger partial charge on any atom is -0.466 e. The number of nitro groups is 1. The van der Waals surface area contributed by atoms with Gasteiger partial charge in [-0.1, -0.05) is 6.07 Å². The molecule has 0 radical (unpaired) electrons. The third-order valence-electron chi connectivity index (χ3n) is 5.28. The van der Waals surface area contributed by atoms with E-state index in [1.54, 1.807) is 13.8 Å². The number of nitrogens with zero attached hydrogens (tertiary/aromatic N) is 3. The number of rotatable bonds is 5. The van der Waals surface area contributed by atoms with E-state index >= 15 is 0 Å². The molecule has 0 saturated carbocycles. The molecule has 0 spiro atoms. The summed E-state index contributed by atoms with van der Waals surface area (Å²) < 4.78 is 5.09. The van der Waals surface area contributed by atoms with Gasteiger partial charge in [-0.15, -0.1) is 0 Å². The predicted octanol–water partition coefficient (Wildman–Crippen LogP) is 1.81. The zero-order valence-electron chi connectivity index (χ0n) is 15.9. The Morgan fingerprint density at radius 3 is 2.79 bits per heavy atom. The second kappa shape index (κ2) is 8.05. The number of piperidine rings is 1. The van der Waals surface area contributed by atoms with Gasteiger partial charge >= 0.3 is 5.97 Å². The van der Waals surface area contributed by atoms with Gasteiger partial charge in [-0.05, 0) is 39.3 Å². The van der Waals surface area contributed by atoms with E-state index in [1.807, 2.05) is 4.90 Å². The maximum absolute atomic E-state index is 13.0. The molecule has 0 aliphatic carbocycles.